The van der Waals surface area contributed by atoms with E-state index < -0.39 is 47.2 Å². The van der Waals surface area contributed by atoms with Gasteiger partial charge in [0.2, 0.25) is 34.8 Å². The number of carbonyl (C=O) groups excluding carboxylic acids is 1. The maximum absolute atomic E-state index is 13.5. The summed E-state index contributed by atoms with van der Waals surface area (Å²) in [7, 11) is 0. The Balaban J connectivity index is 1.75. The minimum Gasteiger partial charge on any atom is -0.420 e. The smallest absolute Gasteiger partial charge is 0.315 e. The number of benzene rings is 3. The minimum absolute atomic E-state index is 0.408. The standard InChI is InChI=1S/C20H11F5O2/c21-15-16(22)18(24)20(19(25)17(15)23)27-14(26)10-11-6-8-13(9-7-11)12-4-2-1-3-5-12/h1-9H,10H2. The van der Waals surface area contributed by atoms with Crippen molar-refractivity contribution >= 4 is 5.97 Å². The van der Waals surface area contributed by atoms with Gasteiger partial charge in [-0.05, 0) is 16.7 Å². The summed E-state index contributed by atoms with van der Waals surface area (Å²) in [4.78, 5) is 11.9. The van der Waals surface area contributed by atoms with Crippen molar-refractivity contribution in [1.82, 2.24) is 0 Å². The van der Waals surface area contributed by atoms with Gasteiger partial charge in [0.25, 0.3) is 0 Å². The molecule has 3 aromatic carbocycles. The number of hydrogen-bond donors (Lipinski definition) is 0. The monoisotopic (exact) mass is 378 g/mol. The Morgan fingerprint density at radius 2 is 1.15 bits per heavy atom. The van der Waals surface area contributed by atoms with E-state index in [1.54, 1.807) is 24.3 Å². The molecule has 0 aliphatic heterocycles. The Kier molecular flexibility index (Phi) is 5.21. The van der Waals surface area contributed by atoms with E-state index in [2.05, 4.69) is 4.74 Å². The highest BCUT2D eigenvalue weighted by molar-refractivity contribution is 5.75. The molecule has 0 aliphatic rings. The molecule has 0 fully saturated rings. The van der Waals surface area contributed by atoms with Gasteiger partial charge in [-0.25, -0.2) is 13.2 Å². The fraction of sp³-hybridized carbons (Fsp3) is 0.0500. The topological polar surface area (TPSA) is 26.3 Å². The molecule has 2 nitrogen and oxygen atoms in total. The quantitative estimate of drug-likeness (QED) is 0.205. The predicted octanol–water partition coefficient (Wildman–Crippen LogP) is 5.20. The van der Waals surface area contributed by atoms with E-state index in [4.69, 9.17) is 0 Å². The van der Waals surface area contributed by atoms with Crippen LogP contribution < -0.4 is 4.74 Å². The lowest BCUT2D eigenvalue weighted by Gasteiger charge is -2.09. The van der Waals surface area contributed by atoms with Crippen LogP contribution in [0.1, 0.15) is 5.56 Å². The van der Waals surface area contributed by atoms with Crippen LogP contribution in [0.15, 0.2) is 54.6 Å². The molecule has 0 aromatic heterocycles. The largest absolute Gasteiger partial charge is 0.420 e. The first kappa shape index (κ1) is 18.6. The highest BCUT2D eigenvalue weighted by atomic mass is 19.2. The molecular weight excluding hydrogens is 367 g/mol. The normalized spacial score (nSPS) is 10.7. The van der Waals surface area contributed by atoms with Crippen molar-refractivity contribution in [3.8, 4) is 16.9 Å². The van der Waals surface area contributed by atoms with Crippen molar-refractivity contribution < 1.29 is 31.5 Å². The third kappa shape index (κ3) is 3.81. The van der Waals surface area contributed by atoms with Crippen LogP contribution >= 0.6 is 0 Å². The molecular formula is C20H11F5O2. The van der Waals surface area contributed by atoms with E-state index in [1.807, 2.05) is 30.3 Å². The molecule has 27 heavy (non-hydrogen) atoms. The van der Waals surface area contributed by atoms with E-state index in [1.165, 1.54) is 0 Å². The predicted molar refractivity (Wildman–Crippen MR) is 87.4 cm³/mol. The van der Waals surface area contributed by atoms with Crippen molar-refractivity contribution in [3.63, 3.8) is 0 Å². The van der Waals surface area contributed by atoms with E-state index >= 15 is 0 Å². The summed E-state index contributed by atoms with van der Waals surface area (Å²) in [5, 5.41) is 0. The number of halogens is 5. The van der Waals surface area contributed by atoms with Gasteiger partial charge in [0.15, 0.2) is 0 Å². The summed E-state index contributed by atoms with van der Waals surface area (Å²) >= 11 is 0. The van der Waals surface area contributed by atoms with Crippen LogP contribution in [0.2, 0.25) is 0 Å². The molecule has 0 N–H and O–H groups in total. The van der Waals surface area contributed by atoms with Gasteiger partial charge in [-0.15, -0.1) is 0 Å². The molecule has 0 saturated heterocycles. The number of esters is 1. The van der Waals surface area contributed by atoms with Gasteiger partial charge in [-0.3, -0.25) is 4.79 Å². The van der Waals surface area contributed by atoms with Gasteiger partial charge in [0.05, 0.1) is 6.42 Å². The first-order valence-electron chi connectivity index (χ1n) is 7.75. The Hall–Kier alpha value is -3.22. The van der Waals surface area contributed by atoms with Crippen molar-refractivity contribution in [2.24, 2.45) is 0 Å². The molecule has 0 heterocycles. The molecule has 0 bridgehead atoms. The Morgan fingerprint density at radius 3 is 1.70 bits per heavy atom. The van der Waals surface area contributed by atoms with Crippen LogP contribution in [0.4, 0.5) is 22.0 Å². The first-order valence-corrected chi connectivity index (χ1v) is 7.75. The molecule has 3 aromatic rings. The van der Waals surface area contributed by atoms with E-state index in [0.29, 0.717) is 5.56 Å². The highest BCUT2D eigenvalue weighted by Crippen LogP contribution is 2.29. The average molecular weight is 378 g/mol. The lowest BCUT2D eigenvalue weighted by Crippen LogP contribution is -2.15. The van der Waals surface area contributed by atoms with Crippen LogP contribution in [0, 0.1) is 29.1 Å². The third-order valence-electron chi connectivity index (χ3n) is 3.79. The Morgan fingerprint density at radius 1 is 0.667 bits per heavy atom. The Bertz CT molecular complexity index is 956. The molecule has 7 heteroatoms. The number of carbonyl (C=O) groups is 1. The summed E-state index contributed by atoms with van der Waals surface area (Å²) in [6, 6.07) is 16.1. The summed E-state index contributed by atoms with van der Waals surface area (Å²) in [6.45, 7) is 0. The van der Waals surface area contributed by atoms with Crippen molar-refractivity contribution in [3.05, 3.63) is 89.2 Å². The second-order valence-corrected chi connectivity index (χ2v) is 5.61. The van der Waals surface area contributed by atoms with Crippen LogP contribution in [-0.2, 0) is 11.2 Å². The van der Waals surface area contributed by atoms with Gasteiger partial charge in [0, 0.05) is 0 Å². The van der Waals surface area contributed by atoms with Gasteiger partial charge in [-0.2, -0.15) is 8.78 Å². The fourth-order valence-electron chi connectivity index (χ4n) is 2.44. The van der Waals surface area contributed by atoms with Crippen molar-refractivity contribution in [2.45, 2.75) is 6.42 Å². The van der Waals surface area contributed by atoms with Crippen LogP contribution in [0.5, 0.6) is 5.75 Å². The molecule has 0 spiro atoms. The van der Waals surface area contributed by atoms with Gasteiger partial charge in [-0.1, -0.05) is 54.6 Å². The summed E-state index contributed by atoms with van der Waals surface area (Å²) < 4.78 is 70.7. The molecule has 0 radical (unpaired) electrons. The zero-order valence-corrected chi connectivity index (χ0v) is 13.6. The number of ether oxygens (including phenoxy) is 1. The first-order chi connectivity index (χ1) is 12.9. The molecule has 0 aliphatic carbocycles. The van der Waals surface area contributed by atoms with Crippen molar-refractivity contribution in [1.29, 1.82) is 0 Å². The second kappa shape index (κ2) is 7.57. The van der Waals surface area contributed by atoms with Gasteiger partial charge < -0.3 is 4.74 Å². The number of hydrogen-bond acceptors (Lipinski definition) is 2. The highest BCUT2D eigenvalue weighted by Gasteiger charge is 2.28. The minimum atomic E-state index is -2.32. The lowest BCUT2D eigenvalue weighted by atomic mass is 10.0. The van der Waals surface area contributed by atoms with Crippen LogP contribution in [-0.4, -0.2) is 5.97 Å². The molecule has 0 saturated carbocycles. The van der Waals surface area contributed by atoms with Crippen LogP contribution in [0.3, 0.4) is 0 Å². The maximum atomic E-state index is 13.5. The summed E-state index contributed by atoms with van der Waals surface area (Å²) in [5.74, 6) is -13.8. The van der Waals surface area contributed by atoms with E-state index in [0.717, 1.165) is 11.1 Å². The van der Waals surface area contributed by atoms with Gasteiger partial charge >= 0.3 is 5.97 Å². The summed E-state index contributed by atoms with van der Waals surface area (Å²) in [6.07, 6.45) is -0.408. The maximum Gasteiger partial charge on any atom is 0.315 e. The SMILES string of the molecule is O=C(Cc1ccc(-c2ccccc2)cc1)Oc1c(F)c(F)c(F)c(F)c1F. The molecule has 0 unspecified atom stereocenters. The third-order valence-corrected chi connectivity index (χ3v) is 3.79. The molecule has 0 atom stereocenters. The van der Waals surface area contributed by atoms with Crippen molar-refractivity contribution in [2.75, 3.05) is 0 Å². The Labute approximate surface area is 150 Å². The molecule has 3 rings (SSSR count). The number of rotatable bonds is 4. The van der Waals surface area contributed by atoms with E-state index in [9.17, 15) is 26.7 Å². The molecule has 138 valence electrons. The zero-order valence-electron chi connectivity index (χ0n) is 13.6. The van der Waals surface area contributed by atoms with Gasteiger partial charge in [0.1, 0.15) is 0 Å². The lowest BCUT2D eigenvalue weighted by molar-refractivity contribution is -0.134. The second-order valence-electron chi connectivity index (χ2n) is 5.61. The van der Waals surface area contributed by atoms with Crippen LogP contribution in [0.25, 0.3) is 11.1 Å². The zero-order chi connectivity index (χ0) is 19.6. The summed E-state index contributed by atoms with van der Waals surface area (Å²) in [5.41, 5.74) is 2.28. The fourth-order valence-corrected chi connectivity index (χ4v) is 2.44. The average Bonchev–Trinajstić information content (AvgIpc) is 2.69. The van der Waals surface area contributed by atoms with E-state index in [-0.39, 0.29) is 0 Å². The molecule has 0 amide bonds.